The molecule has 1 aromatic carbocycles. The van der Waals surface area contributed by atoms with Crippen LogP contribution in [0.3, 0.4) is 0 Å². The number of carbonyl (C=O) groups excluding carboxylic acids is 3. The summed E-state index contributed by atoms with van der Waals surface area (Å²) in [5.74, 6) is -1.95. The maximum absolute atomic E-state index is 12.8. The number of aromatic nitrogens is 1. The zero-order valence-electron chi connectivity index (χ0n) is 18.3. The Kier molecular flexibility index (Phi) is 7.65. The second-order valence-electron chi connectivity index (χ2n) is 7.99. The van der Waals surface area contributed by atoms with Gasteiger partial charge in [0.1, 0.15) is 23.5 Å². The van der Waals surface area contributed by atoms with Crippen LogP contribution in [-0.4, -0.2) is 54.6 Å². The molecule has 0 saturated carbocycles. The van der Waals surface area contributed by atoms with Crippen LogP contribution in [-0.2, 0) is 9.59 Å². The van der Waals surface area contributed by atoms with Gasteiger partial charge in [-0.2, -0.15) is 18.4 Å². The quantitative estimate of drug-likeness (QED) is 0.437. The second-order valence-corrected chi connectivity index (χ2v) is 7.99. The Hall–Kier alpha value is -3.75. The highest BCUT2D eigenvalue weighted by atomic mass is 19.4. The van der Waals surface area contributed by atoms with Gasteiger partial charge in [-0.25, -0.2) is 0 Å². The first kappa shape index (κ1) is 24.9. The summed E-state index contributed by atoms with van der Waals surface area (Å²) >= 11 is 0. The summed E-state index contributed by atoms with van der Waals surface area (Å²) in [4.78, 5) is 40.1. The summed E-state index contributed by atoms with van der Waals surface area (Å²) in [5, 5.41) is 17.3. The van der Waals surface area contributed by atoms with Gasteiger partial charge in [0, 0.05) is 29.8 Å². The van der Waals surface area contributed by atoms with Crippen LogP contribution in [0.4, 0.5) is 13.2 Å². The third-order valence-electron chi connectivity index (χ3n) is 5.58. The van der Waals surface area contributed by atoms with Crippen molar-refractivity contribution < 1.29 is 32.3 Å². The molecular weight excluding hydrogens is 455 g/mol. The smallest absolute Gasteiger partial charge is 0.389 e. The molecule has 12 heteroatoms. The first-order chi connectivity index (χ1) is 16.1. The molecule has 3 amide bonds. The number of amides is 3. The number of benzene rings is 1. The van der Waals surface area contributed by atoms with Crippen molar-refractivity contribution in [1.29, 1.82) is 5.26 Å². The molecule has 1 saturated heterocycles. The molecule has 2 aromatic rings. The van der Waals surface area contributed by atoms with Crippen molar-refractivity contribution in [3.8, 4) is 11.8 Å². The number of ether oxygens (including phenoxy) is 1. The number of halogens is 3. The minimum atomic E-state index is -4.55. The highest BCUT2D eigenvalue weighted by Crippen LogP contribution is 2.26. The van der Waals surface area contributed by atoms with E-state index < -0.39 is 48.8 Å². The first-order valence-corrected chi connectivity index (χ1v) is 10.6. The zero-order valence-corrected chi connectivity index (χ0v) is 18.3. The van der Waals surface area contributed by atoms with E-state index in [2.05, 4.69) is 20.9 Å². The van der Waals surface area contributed by atoms with Gasteiger partial charge in [-0.05, 0) is 37.5 Å². The molecule has 9 nitrogen and oxygen atoms in total. The minimum Gasteiger partial charge on any atom is -0.496 e. The van der Waals surface area contributed by atoms with Gasteiger partial charge in [0.15, 0.2) is 0 Å². The number of rotatable bonds is 9. The van der Waals surface area contributed by atoms with E-state index in [0.717, 1.165) is 0 Å². The van der Waals surface area contributed by atoms with E-state index in [1.807, 2.05) is 6.07 Å². The fourth-order valence-electron chi connectivity index (χ4n) is 3.81. The molecule has 182 valence electrons. The molecule has 34 heavy (non-hydrogen) atoms. The second kappa shape index (κ2) is 10.5. The van der Waals surface area contributed by atoms with E-state index >= 15 is 0 Å². The molecule has 3 atom stereocenters. The summed E-state index contributed by atoms with van der Waals surface area (Å²) in [6.45, 7) is 0.454. The van der Waals surface area contributed by atoms with Gasteiger partial charge < -0.3 is 25.7 Å². The van der Waals surface area contributed by atoms with Crippen LogP contribution in [0.25, 0.3) is 10.9 Å². The Morgan fingerprint density at radius 2 is 2.09 bits per heavy atom. The standard InChI is InChI=1S/C22H24F3N5O4/c1-34-18-4-2-3-15-14(18)10-17(29-15)21(33)30-16(5-7-22(23,24)25)20(32)28-13(11-26)9-12-6-8-27-19(12)31/h2-4,10,12-13,16,29H,5-9H2,1H3,(H,27,31)(H,28,32)(H,30,33)/t12?,13-,16-/m0/s1. The number of aromatic amines is 1. The van der Waals surface area contributed by atoms with E-state index in [1.165, 1.54) is 13.2 Å². The molecule has 2 heterocycles. The topological polar surface area (TPSA) is 136 Å². The molecule has 1 fully saturated rings. The van der Waals surface area contributed by atoms with E-state index in [0.29, 0.717) is 29.6 Å². The molecule has 0 bridgehead atoms. The number of fused-ring (bicyclic) bond motifs is 1. The number of hydrogen-bond donors (Lipinski definition) is 4. The number of hydrogen-bond acceptors (Lipinski definition) is 5. The number of nitriles is 1. The molecule has 4 N–H and O–H groups in total. The molecule has 0 spiro atoms. The van der Waals surface area contributed by atoms with Gasteiger partial charge in [-0.15, -0.1) is 0 Å². The third kappa shape index (κ3) is 6.18. The van der Waals surface area contributed by atoms with E-state index in [4.69, 9.17) is 4.74 Å². The fourth-order valence-corrected chi connectivity index (χ4v) is 3.81. The van der Waals surface area contributed by atoms with Gasteiger partial charge in [-0.3, -0.25) is 14.4 Å². The van der Waals surface area contributed by atoms with Crippen molar-refractivity contribution >= 4 is 28.6 Å². The predicted octanol–water partition coefficient (Wildman–Crippen LogP) is 2.15. The minimum absolute atomic E-state index is 0.0236. The van der Waals surface area contributed by atoms with Crippen LogP contribution in [0.5, 0.6) is 5.75 Å². The Balaban J connectivity index is 1.74. The van der Waals surface area contributed by atoms with Crippen LogP contribution in [0.1, 0.15) is 36.2 Å². The lowest BCUT2D eigenvalue weighted by molar-refractivity contribution is -0.139. The zero-order chi connectivity index (χ0) is 24.9. The van der Waals surface area contributed by atoms with Crippen LogP contribution in [0.15, 0.2) is 24.3 Å². The summed E-state index contributed by atoms with van der Waals surface area (Å²) < 4.78 is 43.8. The molecular formula is C22H24F3N5O4. The van der Waals surface area contributed by atoms with Crippen molar-refractivity contribution in [2.75, 3.05) is 13.7 Å². The number of alkyl halides is 3. The van der Waals surface area contributed by atoms with Crippen LogP contribution < -0.4 is 20.7 Å². The van der Waals surface area contributed by atoms with Gasteiger partial charge in [0.2, 0.25) is 11.8 Å². The normalized spacial score (nSPS) is 17.5. The Labute approximate surface area is 193 Å². The first-order valence-electron chi connectivity index (χ1n) is 10.6. The van der Waals surface area contributed by atoms with E-state index in [1.54, 1.807) is 18.2 Å². The number of carbonyl (C=O) groups is 3. The van der Waals surface area contributed by atoms with Crippen LogP contribution in [0.2, 0.25) is 0 Å². The SMILES string of the molecule is COc1cccc2[nH]c(C(=O)N[C@@H](CCC(F)(F)F)C(=O)N[C@H](C#N)CC3CCNC3=O)cc12. The maximum Gasteiger partial charge on any atom is 0.389 e. The lowest BCUT2D eigenvalue weighted by atomic mass is 9.98. The molecule has 0 aliphatic carbocycles. The molecule has 0 radical (unpaired) electrons. The van der Waals surface area contributed by atoms with Crippen molar-refractivity contribution in [2.45, 2.75) is 43.9 Å². The average molecular weight is 479 g/mol. The summed E-state index contributed by atoms with van der Waals surface area (Å²) in [5.41, 5.74) is 0.601. The molecule has 1 aliphatic heterocycles. The van der Waals surface area contributed by atoms with Gasteiger partial charge >= 0.3 is 6.18 Å². The van der Waals surface area contributed by atoms with Gasteiger partial charge in [0.05, 0.1) is 13.2 Å². The monoisotopic (exact) mass is 479 g/mol. The van der Waals surface area contributed by atoms with E-state index in [-0.39, 0.29) is 18.0 Å². The molecule has 3 rings (SSSR count). The lowest BCUT2D eigenvalue weighted by Gasteiger charge is -2.21. The number of nitrogens with one attached hydrogen (secondary N) is 4. The van der Waals surface area contributed by atoms with E-state index in [9.17, 15) is 32.8 Å². The lowest BCUT2D eigenvalue weighted by Crippen LogP contribution is -2.50. The average Bonchev–Trinajstić information content (AvgIpc) is 3.41. The Morgan fingerprint density at radius 1 is 1.32 bits per heavy atom. The number of nitrogens with zero attached hydrogens (tertiary/aromatic N) is 1. The predicted molar refractivity (Wildman–Crippen MR) is 115 cm³/mol. The van der Waals surface area contributed by atoms with Crippen molar-refractivity contribution in [2.24, 2.45) is 5.92 Å². The Morgan fingerprint density at radius 3 is 2.71 bits per heavy atom. The largest absolute Gasteiger partial charge is 0.496 e. The third-order valence-corrected chi connectivity index (χ3v) is 5.58. The highest BCUT2D eigenvalue weighted by molar-refractivity contribution is 6.01. The van der Waals surface area contributed by atoms with Crippen molar-refractivity contribution in [1.82, 2.24) is 20.9 Å². The Bertz CT molecular complexity index is 1110. The number of methoxy groups -OCH3 is 1. The summed E-state index contributed by atoms with van der Waals surface area (Å²) in [6, 6.07) is 5.77. The molecule has 1 unspecified atom stereocenters. The maximum atomic E-state index is 12.8. The van der Waals surface area contributed by atoms with Crippen molar-refractivity contribution in [3.63, 3.8) is 0 Å². The molecule has 1 aromatic heterocycles. The fraction of sp³-hybridized carbons (Fsp3) is 0.455. The van der Waals surface area contributed by atoms with Crippen LogP contribution in [0, 0.1) is 17.2 Å². The van der Waals surface area contributed by atoms with Crippen LogP contribution >= 0.6 is 0 Å². The summed E-state index contributed by atoms with van der Waals surface area (Å²) in [6.07, 6.45) is -6.06. The van der Waals surface area contributed by atoms with Gasteiger partial charge in [-0.1, -0.05) is 6.07 Å². The van der Waals surface area contributed by atoms with Crippen molar-refractivity contribution in [3.05, 3.63) is 30.0 Å². The number of H-pyrrole nitrogens is 1. The molecule has 1 aliphatic rings. The van der Waals surface area contributed by atoms with Gasteiger partial charge in [0.25, 0.3) is 5.91 Å². The summed E-state index contributed by atoms with van der Waals surface area (Å²) in [7, 11) is 1.46. The highest BCUT2D eigenvalue weighted by Gasteiger charge is 2.33.